The van der Waals surface area contributed by atoms with E-state index < -0.39 is 17.7 Å². The molecule has 1 atom stereocenters. The highest BCUT2D eigenvalue weighted by Gasteiger charge is 2.38. The maximum Gasteiger partial charge on any atom is 0.274 e. The molecule has 1 aromatic carbocycles. The molecule has 0 bridgehead atoms. The Kier molecular flexibility index (Phi) is 2.48. The van der Waals surface area contributed by atoms with Crippen LogP contribution in [0.4, 0.5) is 5.69 Å². The van der Waals surface area contributed by atoms with Crippen LogP contribution in [0.1, 0.15) is 0 Å². The van der Waals surface area contributed by atoms with Gasteiger partial charge in [-0.2, -0.15) is 5.26 Å². The van der Waals surface area contributed by atoms with Crippen molar-refractivity contribution in [2.75, 3.05) is 0 Å². The van der Waals surface area contributed by atoms with E-state index in [2.05, 4.69) is 10.3 Å². The molecule has 5 heteroatoms. The van der Waals surface area contributed by atoms with E-state index in [4.69, 9.17) is 5.26 Å². The molecule has 0 aliphatic carbocycles. The van der Waals surface area contributed by atoms with Crippen molar-refractivity contribution in [2.24, 2.45) is 10.9 Å². The third-order valence-electron chi connectivity index (χ3n) is 2.14. The van der Waals surface area contributed by atoms with Crippen LogP contribution in [-0.2, 0) is 9.59 Å². The first-order valence-corrected chi connectivity index (χ1v) is 4.61. The molecule has 0 aromatic heterocycles. The molecule has 1 aromatic rings. The van der Waals surface area contributed by atoms with Gasteiger partial charge in [0, 0.05) is 0 Å². The number of nitrogens with zero attached hydrogens (tertiary/aromatic N) is 2. The van der Waals surface area contributed by atoms with Crippen molar-refractivity contribution in [1.82, 2.24) is 5.32 Å². The SMILES string of the molecule is N#CC1C(=O)NC(=O)C1=Nc1ccccc1. The normalized spacial score (nSPS) is 21.9. The monoisotopic (exact) mass is 213 g/mol. The number of aliphatic imine (C=N–C) groups is 1. The summed E-state index contributed by atoms with van der Waals surface area (Å²) in [6.45, 7) is 0. The molecule has 0 radical (unpaired) electrons. The van der Waals surface area contributed by atoms with E-state index in [-0.39, 0.29) is 5.71 Å². The Morgan fingerprint density at radius 1 is 1.25 bits per heavy atom. The van der Waals surface area contributed by atoms with E-state index in [0.29, 0.717) is 5.69 Å². The highest BCUT2D eigenvalue weighted by molar-refractivity contribution is 6.51. The number of carbonyl (C=O) groups excluding carboxylic acids is 2. The zero-order valence-electron chi connectivity index (χ0n) is 8.18. The predicted molar refractivity (Wildman–Crippen MR) is 55.8 cm³/mol. The molecule has 2 amide bonds. The van der Waals surface area contributed by atoms with Crippen LogP contribution < -0.4 is 5.32 Å². The second-order valence-corrected chi connectivity index (χ2v) is 3.21. The Morgan fingerprint density at radius 3 is 2.56 bits per heavy atom. The Labute approximate surface area is 91.4 Å². The van der Waals surface area contributed by atoms with Crippen LogP contribution >= 0.6 is 0 Å². The van der Waals surface area contributed by atoms with E-state index >= 15 is 0 Å². The standard InChI is InChI=1S/C11H7N3O2/c12-6-8-9(11(16)14-10(8)15)13-7-4-2-1-3-5-7/h1-5,8H,(H,14,15,16). The van der Waals surface area contributed by atoms with Crippen LogP contribution in [0.3, 0.4) is 0 Å². The largest absolute Gasteiger partial charge is 0.290 e. The highest BCUT2D eigenvalue weighted by Crippen LogP contribution is 2.15. The lowest BCUT2D eigenvalue weighted by molar-refractivity contribution is -0.124. The molecule has 16 heavy (non-hydrogen) atoms. The Hall–Kier alpha value is -2.48. The quantitative estimate of drug-likeness (QED) is 0.692. The summed E-state index contributed by atoms with van der Waals surface area (Å²) in [5, 5.41) is 10.8. The highest BCUT2D eigenvalue weighted by atomic mass is 16.2. The van der Waals surface area contributed by atoms with Gasteiger partial charge in [0.1, 0.15) is 5.71 Å². The van der Waals surface area contributed by atoms with Gasteiger partial charge in [0.15, 0.2) is 5.92 Å². The zero-order chi connectivity index (χ0) is 11.5. The molecular weight excluding hydrogens is 206 g/mol. The Bertz CT molecular complexity index is 514. The van der Waals surface area contributed by atoms with Gasteiger partial charge < -0.3 is 0 Å². The van der Waals surface area contributed by atoms with Gasteiger partial charge in [-0.1, -0.05) is 18.2 Å². The predicted octanol–water partition coefficient (Wildman–Crippen LogP) is 0.555. The maximum atomic E-state index is 11.3. The third-order valence-corrected chi connectivity index (χ3v) is 2.14. The van der Waals surface area contributed by atoms with Crippen molar-refractivity contribution in [3.8, 4) is 6.07 Å². The summed E-state index contributed by atoms with van der Waals surface area (Å²) in [5.74, 6) is -2.31. The minimum Gasteiger partial charge on any atom is -0.290 e. The molecule has 1 saturated heterocycles. The van der Waals surface area contributed by atoms with E-state index in [0.717, 1.165) is 0 Å². The summed E-state index contributed by atoms with van der Waals surface area (Å²) in [5.41, 5.74) is 0.501. The summed E-state index contributed by atoms with van der Waals surface area (Å²) in [7, 11) is 0. The summed E-state index contributed by atoms with van der Waals surface area (Å²) in [6.07, 6.45) is 0. The van der Waals surface area contributed by atoms with Gasteiger partial charge in [-0.3, -0.25) is 14.9 Å². The number of benzene rings is 1. The number of carbonyl (C=O) groups is 2. The van der Waals surface area contributed by atoms with Gasteiger partial charge >= 0.3 is 0 Å². The minimum absolute atomic E-state index is 0.0429. The molecule has 1 fully saturated rings. The minimum atomic E-state index is -1.10. The Morgan fingerprint density at radius 2 is 1.94 bits per heavy atom. The van der Waals surface area contributed by atoms with Gasteiger partial charge in [-0.15, -0.1) is 0 Å². The molecule has 2 rings (SSSR count). The van der Waals surface area contributed by atoms with Gasteiger partial charge in [0.05, 0.1) is 11.8 Å². The lowest BCUT2D eigenvalue weighted by Gasteiger charge is -1.96. The molecule has 1 heterocycles. The molecule has 78 valence electrons. The van der Waals surface area contributed by atoms with E-state index in [1.54, 1.807) is 30.3 Å². The molecule has 1 N–H and O–H groups in total. The van der Waals surface area contributed by atoms with Crippen molar-refractivity contribution < 1.29 is 9.59 Å². The fourth-order valence-corrected chi connectivity index (χ4v) is 1.38. The molecule has 1 aliphatic rings. The van der Waals surface area contributed by atoms with Gasteiger partial charge in [-0.25, -0.2) is 4.99 Å². The maximum absolute atomic E-state index is 11.3. The third kappa shape index (κ3) is 1.68. The fraction of sp³-hybridized carbons (Fsp3) is 0.0909. The second kappa shape index (κ2) is 3.95. The number of hydrogen-bond donors (Lipinski definition) is 1. The number of rotatable bonds is 1. The molecule has 0 spiro atoms. The number of nitrogens with one attached hydrogen (secondary N) is 1. The lowest BCUT2D eigenvalue weighted by atomic mass is 10.1. The topological polar surface area (TPSA) is 82.3 Å². The van der Waals surface area contributed by atoms with E-state index in [1.165, 1.54) is 0 Å². The van der Waals surface area contributed by atoms with Crippen LogP contribution in [-0.4, -0.2) is 17.5 Å². The fourth-order valence-electron chi connectivity index (χ4n) is 1.38. The molecule has 5 nitrogen and oxygen atoms in total. The zero-order valence-corrected chi connectivity index (χ0v) is 8.18. The second-order valence-electron chi connectivity index (χ2n) is 3.21. The summed E-state index contributed by atoms with van der Waals surface area (Å²) in [4.78, 5) is 26.5. The molecule has 1 aliphatic heterocycles. The van der Waals surface area contributed by atoms with Gasteiger partial charge in [0.2, 0.25) is 0 Å². The van der Waals surface area contributed by atoms with Crippen LogP contribution in [0.15, 0.2) is 35.3 Å². The van der Waals surface area contributed by atoms with Crippen LogP contribution in [0, 0.1) is 17.2 Å². The first-order valence-electron chi connectivity index (χ1n) is 4.61. The van der Waals surface area contributed by atoms with E-state index in [9.17, 15) is 9.59 Å². The summed E-state index contributed by atoms with van der Waals surface area (Å²) >= 11 is 0. The number of para-hydroxylation sites is 1. The van der Waals surface area contributed by atoms with Crippen molar-refractivity contribution in [1.29, 1.82) is 5.26 Å². The van der Waals surface area contributed by atoms with Crippen LogP contribution in [0.2, 0.25) is 0 Å². The van der Waals surface area contributed by atoms with Crippen molar-refractivity contribution in [3.05, 3.63) is 30.3 Å². The number of amides is 2. The number of nitriles is 1. The molecular formula is C11H7N3O2. The van der Waals surface area contributed by atoms with Gasteiger partial charge in [0.25, 0.3) is 11.8 Å². The number of hydrogen-bond acceptors (Lipinski definition) is 4. The average molecular weight is 213 g/mol. The average Bonchev–Trinajstić information content (AvgIpc) is 2.55. The van der Waals surface area contributed by atoms with Crippen molar-refractivity contribution in [3.63, 3.8) is 0 Å². The van der Waals surface area contributed by atoms with Crippen molar-refractivity contribution >= 4 is 23.2 Å². The molecule has 0 saturated carbocycles. The lowest BCUT2D eigenvalue weighted by Crippen LogP contribution is -2.22. The first-order chi connectivity index (χ1) is 7.72. The summed E-state index contributed by atoms with van der Waals surface area (Å²) < 4.78 is 0. The summed E-state index contributed by atoms with van der Waals surface area (Å²) in [6, 6.07) is 10.5. The van der Waals surface area contributed by atoms with Crippen LogP contribution in [0.25, 0.3) is 0 Å². The van der Waals surface area contributed by atoms with E-state index in [1.807, 2.05) is 6.07 Å². The number of imide groups is 1. The van der Waals surface area contributed by atoms with Crippen molar-refractivity contribution in [2.45, 2.75) is 0 Å². The smallest absolute Gasteiger partial charge is 0.274 e. The van der Waals surface area contributed by atoms with Gasteiger partial charge in [-0.05, 0) is 12.1 Å². The van der Waals surface area contributed by atoms with Crippen LogP contribution in [0.5, 0.6) is 0 Å². The first kappa shape index (κ1) is 10.1. The molecule has 1 unspecified atom stereocenters. The Balaban J connectivity index is 2.41.